The van der Waals surface area contributed by atoms with Gasteiger partial charge < -0.3 is 9.47 Å². The van der Waals surface area contributed by atoms with Gasteiger partial charge in [0.1, 0.15) is 5.60 Å². The summed E-state index contributed by atoms with van der Waals surface area (Å²) in [5.74, 6) is 0.376. The van der Waals surface area contributed by atoms with Crippen LogP contribution in [0.15, 0.2) is 23.1 Å². The maximum absolute atomic E-state index is 12.3. The molecule has 0 unspecified atom stereocenters. The largest absolute Gasteiger partial charge is 0.465 e. The molecule has 0 bridgehead atoms. The van der Waals surface area contributed by atoms with Gasteiger partial charge in [0, 0.05) is 17.2 Å². The van der Waals surface area contributed by atoms with Crippen molar-refractivity contribution >= 4 is 29.5 Å². The van der Waals surface area contributed by atoms with Gasteiger partial charge in [-0.1, -0.05) is 0 Å². The van der Waals surface area contributed by atoms with Gasteiger partial charge >= 0.3 is 12.1 Å². The maximum Gasteiger partial charge on any atom is 0.414 e. The lowest BCUT2D eigenvalue weighted by atomic mass is 10.2. The number of fused-ring (bicyclic) bond motifs is 1. The number of thioether (sulfide) groups is 1. The molecule has 2 rings (SSSR count). The lowest BCUT2D eigenvalue weighted by Gasteiger charge is -2.31. The number of methoxy groups -OCH3 is 1. The number of hydrogen-bond acceptors (Lipinski definition) is 5. The average molecular weight is 309 g/mol. The van der Waals surface area contributed by atoms with Crippen molar-refractivity contribution in [3.63, 3.8) is 0 Å². The fourth-order valence-corrected chi connectivity index (χ4v) is 2.94. The highest BCUT2D eigenvalue weighted by atomic mass is 32.2. The van der Waals surface area contributed by atoms with E-state index in [0.717, 1.165) is 10.6 Å². The molecule has 0 saturated heterocycles. The molecule has 1 heterocycles. The number of carbonyl (C=O) groups is 2. The van der Waals surface area contributed by atoms with Crippen molar-refractivity contribution in [1.29, 1.82) is 0 Å². The van der Waals surface area contributed by atoms with E-state index in [0.29, 0.717) is 17.8 Å². The van der Waals surface area contributed by atoms with Crippen LogP contribution in [-0.4, -0.2) is 37.1 Å². The van der Waals surface area contributed by atoms with Crippen LogP contribution < -0.4 is 4.90 Å². The summed E-state index contributed by atoms with van der Waals surface area (Å²) in [6.07, 6.45) is -0.397. The van der Waals surface area contributed by atoms with Crippen molar-refractivity contribution in [3.8, 4) is 0 Å². The van der Waals surface area contributed by atoms with E-state index >= 15 is 0 Å². The van der Waals surface area contributed by atoms with Crippen molar-refractivity contribution in [1.82, 2.24) is 0 Å². The summed E-state index contributed by atoms with van der Waals surface area (Å²) in [6.45, 7) is 6.04. The van der Waals surface area contributed by atoms with E-state index < -0.39 is 17.7 Å². The highest BCUT2D eigenvalue weighted by Gasteiger charge is 2.28. The number of rotatable bonds is 1. The minimum absolute atomic E-state index is 0.397. The van der Waals surface area contributed by atoms with Crippen LogP contribution in [-0.2, 0) is 9.47 Å². The van der Waals surface area contributed by atoms with Gasteiger partial charge in [-0.3, -0.25) is 4.90 Å². The zero-order valence-corrected chi connectivity index (χ0v) is 13.5. The van der Waals surface area contributed by atoms with Crippen LogP contribution in [0, 0.1) is 0 Å². The number of hydrogen-bond donors (Lipinski definition) is 0. The number of benzene rings is 1. The summed E-state index contributed by atoms with van der Waals surface area (Å²) in [4.78, 5) is 26.5. The Morgan fingerprint density at radius 1 is 1.29 bits per heavy atom. The minimum Gasteiger partial charge on any atom is -0.465 e. The van der Waals surface area contributed by atoms with Gasteiger partial charge in [-0.25, -0.2) is 9.59 Å². The summed E-state index contributed by atoms with van der Waals surface area (Å²) >= 11 is 1.65. The van der Waals surface area contributed by atoms with Crippen molar-refractivity contribution in [2.24, 2.45) is 0 Å². The molecule has 0 atom stereocenters. The van der Waals surface area contributed by atoms with Crippen LogP contribution in [0.3, 0.4) is 0 Å². The first-order valence-electron chi connectivity index (χ1n) is 6.67. The Bertz CT molecular complexity index is 565. The van der Waals surface area contributed by atoms with Crippen molar-refractivity contribution in [3.05, 3.63) is 23.8 Å². The second-order valence-corrected chi connectivity index (χ2v) is 6.79. The topological polar surface area (TPSA) is 55.8 Å². The molecule has 1 aromatic carbocycles. The first-order valence-corrected chi connectivity index (χ1v) is 7.66. The molecule has 1 amide bonds. The molecule has 0 saturated carbocycles. The van der Waals surface area contributed by atoms with Crippen LogP contribution in [0.1, 0.15) is 31.1 Å². The van der Waals surface area contributed by atoms with E-state index in [1.54, 1.807) is 28.8 Å². The van der Waals surface area contributed by atoms with E-state index in [4.69, 9.17) is 9.47 Å². The third kappa shape index (κ3) is 3.69. The summed E-state index contributed by atoms with van der Waals surface area (Å²) < 4.78 is 10.1. The first kappa shape index (κ1) is 15.7. The lowest BCUT2D eigenvalue weighted by molar-refractivity contribution is 0.0573. The monoisotopic (exact) mass is 309 g/mol. The Kier molecular flexibility index (Phi) is 4.46. The summed E-state index contributed by atoms with van der Waals surface area (Å²) in [5, 5.41) is 0. The quantitative estimate of drug-likeness (QED) is 0.745. The van der Waals surface area contributed by atoms with Crippen LogP contribution in [0.2, 0.25) is 0 Å². The number of carbonyl (C=O) groups excluding carboxylic acids is 2. The summed E-state index contributed by atoms with van der Waals surface area (Å²) in [5.41, 5.74) is 0.567. The SMILES string of the molecule is COC(=O)c1ccc2c(c1)N(C(=O)OC(C)(C)C)CCS2. The predicted molar refractivity (Wildman–Crippen MR) is 82.1 cm³/mol. The Labute approximate surface area is 128 Å². The zero-order valence-electron chi connectivity index (χ0n) is 12.6. The first-order chi connectivity index (χ1) is 9.81. The van der Waals surface area contributed by atoms with E-state index in [2.05, 4.69) is 0 Å². The Morgan fingerprint density at radius 3 is 2.62 bits per heavy atom. The van der Waals surface area contributed by atoms with Crippen molar-refractivity contribution in [2.75, 3.05) is 24.3 Å². The zero-order chi connectivity index (χ0) is 15.6. The van der Waals surface area contributed by atoms with E-state index in [9.17, 15) is 9.59 Å². The molecule has 1 aliphatic heterocycles. The van der Waals surface area contributed by atoms with Gasteiger partial charge in [-0.15, -0.1) is 11.8 Å². The molecule has 0 spiro atoms. The van der Waals surface area contributed by atoms with Gasteiger partial charge in [0.2, 0.25) is 0 Å². The standard InChI is InChI=1S/C15H19NO4S/c1-15(2,3)20-14(18)16-7-8-21-12-6-5-10(9-11(12)16)13(17)19-4/h5-6,9H,7-8H2,1-4H3. The van der Waals surface area contributed by atoms with E-state index in [1.807, 2.05) is 26.8 Å². The number of amides is 1. The molecule has 0 fully saturated rings. The Hall–Kier alpha value is -1.69. The second-order valence-electron chi connectivity index (χ2n) is 5.65. The van der Waals surface area contributed by atoms with E-state index in [-0.39, 0.29) is 0 Å². The van der Waals surface area contributed by atoms with Gasteiger partial charge in [0.05, 0.1) is 18.4 Å². The number of nitrogens with zero attached hydrogens (tertiary/aromatic N) is 1. The van der Waals surface area contributed by atoms with Gasteiger partial charge in [0.25, 0.3) is 0 Å². The molecule has 5 nitrogen and oxygen atoms in total. The molecule has 21 heavy (non-hydrogen) atoms. The fourth-order valence-electron chi connectivity index (χ4n) is 1.97. The average Bonchev–Trinajstić information content (AvgIpc) is 2.43. The molecule has 0 N–H and O–H groups in total. The van der Waals surface area contributed by atoms with Crippen LogP contribution in [0.4, 0.5) is 10.5 Å². The van der Waals surface area contributed by atoms with Crippen LogP contribution in [0.5, 0.6) is 0 Å². The summed E-state index contributed by atoms with van der Waals surface area (Å²) in [7, 11) is 1.34. The van der Waals surface area contributed by atoms with Crippen molar-refractivity contribution < 1.29 is 19.1 Å². The van der Waals surface area contributed by atoms with Crippen LogP contribution >= 0.6 is 11.8 Å². The third-order valence-electron chi connectivity index (χ3n) is 2.86. The second kappa shape index (κ2) is 5.97. The number of ether oxygens (including phenoxy) is 2. The van der Waals surface area contributed by atoms with Crippen LogP contribution in [0.25, 0.3) is 0 Å². The highest BCUT2D eigenvalue weighted by Crippen LogP contribution is 2.36. The lowest BCUT2D eigenvalue weighted by Crippen LogP contribution is -2.39. The molecule has 1 aliphatic rings. The predicted octanol–water partition coefficient (Wildman–Crippen LogP) is 3.32. The van der Waals surface area contributed by atoms with E-state index in [1.165, 1.54) is 7.11 Å². The van der Waals surface area contributed by atoms with Gasteiger partial charge in [-0.05, 0) is 39.0 Å². The van der Waals surface area contributed by atoms with Crippen molar-refractivity contribution in [2.45, 2.75) is 31.3 Å². The molecule has 114 valence electrons. The van der Waals surface area contributed by atoms with Gasteiger partial charge in [0.15, 0.2) is 0 Å². The Balaban J connectivity index is 2.33. The maximum atomic E-state index is 12.3. The normalized spacial score (nSPS) is 14.4. The summed E-state index contributed by atoms with van der Waals surface area (Å²) in [6, 6.07) is 5.22. The smallest absolute Gasteiger partial charge is 0.414 e. The molecule has 0 aromatic heterocycles. The van der Waals surface area contributed by atoms with Gasteiger partial charge in [-0.2, -0.15) is 0 Å². The molecule has 0 aliphatic carbocycles. The molecular weight excluding hydrogens is 290 g/mol. The highest BCUT2D eigenvalue weighted by molar-refractivity contribution is 7.99. The molecule has 0 radical (unpaired) electrons. The fraction of sp³-hybridized carbons (Fsp3) is 0.467. The molecule has 6 heteroatoms. The number of anilines is 1. The molecular formula is C15H19NO4S. The number of esters is 1. The molecule has 1 aromatic rings. The minimum atomic E-state index is -0.554. The Morgan fingerprint density at radius 2 is 2.00 bits per heavy atom. The third-order valence-corrected chi connectivity index (χ3v) is 3.90.